The van der Waals surface area contributed by atoms with Gasteiger partial charge in [-0.2, -0.15) is 0 Å². The highest BCUT2D eigenvalue weighted by atomic mass is 17.1. The van der Waals surface area contributed by atoms with Crippen LogP contribution in [0, 0.1) is 23.7 Å². The maximum atomic E-state index is 12.4. The number of aliphatic hydroxyl groups excluding tert-OH is 3. The molecule has 4 N–H and O–H groups in total. The normalized spacial score (nSPS) is 31.4. The molecule has 0 spiro atoms. The van der Waals surface area contributed by atoms with E-state index in [1.165, 1.54) is 0 Å². The lowest BCUT2D eigenvalue weighted by Gasteiger charge is -2.43. The predicted molar refractivity (Wildman–Crippen MR) is 112 cm³/mol. The first-order valence-electron chi connectivity index (χ1n) is 11.2. The summed E-state index contributed by atoms with van der Waals surface area (Å²) in [5.74, 6) is -0.0200. The Morgan fingerprint density at radius 1 is 1.27 bits per heavy atom. The van der Waals surface area contributed by atoms with Crippen molar-refractivity contribution in [3.63, 3.8) is 0 Å². The second-order valence-electron chi connectivity index (χ2n) is 8.90. The second-order valence-corrected chi connectivity index (χ2v) is 8.90. The van der Waals surface area contributed by atoms with Crippen LogP contribution in [0.25, 0.3) is 0 Å². The van der Waals surface area contributed by atoms with E-state index in [4.69, 9.17) is 9.99 Å². The Hall–Kier alpha value is -1.25. The quantitative estimate of drug-likeness (QED) is 0.228. The van der Waals surface area contributed by atoms with Gasteiger partial charge in [0.05, 0.1) is 30.8 Å². The maximum Gasteiger partial charge on any atom is 0.308 e. The first kappa shape index (κ1) is 25.0. The third kappa shape index (κ3) is 6.89. The summed E-state index contributed by atoms with van der Waals surface area (Å²) in [7, 11) is 0. The standard InChI is InChI=1S/C23H38O7/c1-4-14(2)23(27)30-21-13-19(26)11-16-6-5-15(3)20(22(16)21)8-7-17(24)12-18(25)9-10-29-28/h5-6,11,14-15,17-22,24-26,28H,4,7-10,12-13H2,1-3H3. The minimum atomic E-state index is -0.736. The van der Waals surface area contributed by atoms with E-state index in [0.717, 1.165) is 5.57 Å². The van der Waals surface area contributed by atoms with Crippen molar-refractivity contribution in [2.75, 3.05) is 6.61 Å². The molecule has 0 bridgehead atoms. The average Bonchev–Trinajstić information content (AvgIpc) is 2.70. The van der Waals surface area contributed by atoms with Crippen molar-refractivity contribution in [2.45, 2.75) is 83.7 Å². The molecule has 0 radical (unpaired) electrons. The zero-order chi connectivity index (χ0) is 22.3. The third-order valence-corrected chi connectivity index (χ3v) is 6.57. The van der Waals surface area contributed by atoms with Gasteiger partial charge in [-0.3, -0.25) is 10.1 Å². The van der Waals surface area contributed by atoms with Crippen molar-refractivity contribution in [3.05, 3.63) is 23.8 Å². The Morgan fingerprint density at radius 3 is 2.63 bits per heavy atom. The van der Waals surface area contributed by atoms with Gasteiger partial charge in [0.25, 0.3) is 0 Å². The molecule has 8 unspecified atom stereocenters. The monoisotopic (exact) mass is 426 g/mol. The van der Waals surface area contributed by atoms with Crippen LogP contribution in [0.1, 0.15) is 59.3 Å². The van der Waals surface area contributed by atoms with Crippen LogP contribution in [0.4, 0.5) is 0 Å². The van der Waals surface area contributed by atoms with Crippen molar-refractivity contribution >= 4 is 5.97 Å². The van der Waals surface area contributed by atoms with Crippen molar-refractivity contribution < 1.29 is 35.0 Å². The number of carbonyl (C=O) groups excluding carboxylic acids is 1. The number of hydrogen-bond acceptors (Lipinski definition) is 7. The van der Waals surface area contributed by atoms with E-state index in [-0.39, 0.29) is 55.2 Å². The van der Waals surface area contributed by atoms with Crippen molar-refractivity contribution in [1.29, 1.82) is 0 Å². The van der Waals surface area contributed by atoms with E-state index >= 15 is 0 Å². The van der Waals surface area contributed by atoms with Crippen LogP contribution in [-0.2, 0) is 14.4 Å². The first-order chi connectivity index (χ1) is 14.3. The van der Waals surface area contributed by atoms with Crippen molar-refractivity contribution in [3.8, 4) is 0 Å². The summed E-state index contributed by atoms with van der Waals surface area (Å²) in [5.41, 5.74) is 0.994. The summed E-state index contributed by atoms with van der Waals surface area (Å²) in [6, 6.07) is 0. The Labute approximate surface area is 179 Å². The third-order valence-electron chi connectivity index (χ3n) is 6.57. The lowest BCUT2D eigenvalue weighted by Crippen LogP contribution is -2.43. The number of aliphatic hydroxyl groups is 3. The Balaban J connectivity index is 2.06. The molecule has 0 amide bonds. The van der Waals surface area contributed by atoms with E-state index in [1.54, 1.807) is 0 Å². The van der Waals surface area contributed by atoms with Crippen molar-refractivity contribution in [2.24, 2.45) is 23.7 Å². The average molecular weight is 427 g/mol. The van der Waals surface area contributed by atoms with E-state index in [2.05, 4.69) is 17.9 Å². The zero-order valence-corrected chi connectivity index (χ0v) is 18.3. The van der Waals surface area contributed by atoms with Gasteiger partial charge >= 0.3 is 5.97 Å². The molecule has 2 rings (SSSR count). The lowest BCUT2D eigenvalue weighted by atomic mass is 9.66. The summed E-state index contributed by atoms with van der Waals surface area (Å²) < 4.78 is 5.86. The van der Waals surface area contributed by atoms with Crippen LogP contribution in [0.2, 0.25) is 0 Å². The zero-order valence-electron chi connectivity index (χ0n) is 18.3. The molecule has 0 heterocycles. The minimum absolute atomic E-state index is 0.0127. The summed E-state index contributed by atoms with van der Waals surface area (Å²) >= 11 is 0. The molecular weight excluding hydrogens is 388 g/mol. The molecule has 172 valence electrons. The van der Waals surface area contributed by atoms with Crippen LogP contribution < -0.4 is 0 Å². The molecule has 0 aliphatic heterocycles. The van der Waals surface area contributed by atoms with Gasteiger partial charge in [-0.05, 0) is 49.5 Å². The number of hydrogen-bond donors (Lipinski definition) is 4. The molecule has 8 atom stereocenters. The number of carbonyl (C=O) groups is 1. The van der Waals surface area contributed by atoms with E-state index in [9.17, 15) is 20.1 Å². The molecule has 0 fully saturated rings. The van der Waals surface area contributed by atoms with Gasteiger partial charge in [0.2, 0.25) is 0 Å². The summed E-state index contributed by atoms with van der Waals surface area (Å²) in [6.45, 7) is 5.95. The Kier molecular flexibility index (Phi) is 9.97. The largest absolute Gasteiger partial charge is 0.461 e. The second kappa shape index (κ2) is 12.0. The lowest BCUT2D eigenvalue weighted by molar-refractivity contribution is -0.245. The molecule has 7 nitrogen and oxygen atoms in total. The van der Waals surface area contributed by atoms with Crippen LogP contribution in [0.15, 0.2) is 23.8 Å². The molecule has 0 saturated heterocycles. The fraction of sp³-hybridized carbons (Fsp3) is 0.783. The molecule has 2 aliphatic rings. The topological polar surface area (TPSA) is 116 Å². The molecule has 30 heavy (non-hydrogen) atoms. The van der Waals surface area contributed by atoms with Gasteiger partial charge in [0.15, 0.2) is 0 Å². The number of rotatable bonds is 11. The van der Waals surface area contributed by atoms with Gasteiger partial charge in [0, 0.05) is 12.3 Å². The van der Waals surface area contributed by atoms with Crippen LogP contribution in [0.5, 0.6) is 0 Å². The fourth-order valence-electron chi connectivity index (χ4n) is 4.54. The number of fused-ring (bicyclic) bond motifs is 1. The molecule has 0 aromatic rings. The molecule has 7 heteroatoms. The molecule has 0 saturated carbocycles. The summed E-state index contributed by atoms with van der Waals surface area (Å²) in [6.07, 6.45) is 6.35. The smallest absolute Gasteiger partial charge is 0.308 e. The number of ether oxygens (including phenoxy) is 1. The molecule has 2 aliphatic carbocycles. The fourth-order valence-corrected chi connectivity index (χ4v) is 4.54. The summed E-state index contributed by atoms with van der Waals surface area (Å²) in [5, 5.41) is 38.9. The molecule has 0 aromatic heterocycles. The number of allylic oxidation sites excluding steroid dienone is 2. The van der Waals surface area contributed by atoms with E-state index < -0.39 is 18.3 Å². The Morgan fingerprint density at radius 2 is 1.97 bits per heavy atom. The Bertz CT molecular complexity index is 602. The number of esters is 1. The molecule has 0 aromatic carbocycles. The van der Waals surface area contributed by atoms with Gasteiger partial charge in [0.1, 0.15) is 6.10 Å². The highest BCUT2D eigenvalue weighted by molar-refractivity contribution is 5.72. The van der Waals surface area contributed by atoms with Crippen LogP contribution in [0.3, 0.4) is 0 Å². The van der Waals surface area contributed by atoms with E-state index in [1.807, 2.05) is 26.0 Å². The van der Waals surface area contributed by atoms with Gasteiger partial charge in [-0.15, -0.1) is 0 Å². The van der Waals surface area contributed by atoms with Crippen LogP contribution >= 0.6 is 0 Å². The maximum absolute atomic E-state index is 12.4. The summed E-state index contributed by atoms with van der Waals surface area (Å²) in [4.78, 5) is 16.4. The van der Waals surface area contributed by atoms with Gasteiger partial charge in [-0.1, -0.05) is 39.0 Å². The highest BCUT2D eigenvalue weighted by Crippen LogP contribution is 2.44. The van der Waals surface area contributed by atoms with Crippen molar-refractivity contribution in [1.82, 2.24) is 0 Å². The predicted octanol–water partition coefficient (Wildman–Crippen LogP) is 2.85. The van der Waals surface area contributed by atoms with Gasteiger partial charge < -0.3 is 20.1 Å². The van der Waals surface area contributed by atoms with Gasteiger partial charge in [-0.25, -0.2) is 4.89 Å². The minimum Gasteiger partial charge on any atom is -0.461 e. The highest BCUT2D eigenvalue weighted by Gasteiger charge is 2.42. The van der Waals surface area contributed by atoms with E-state index in [0.29, 0.717) is 25.7 Å². The van der Waals surface area contributed by atoms with Crippen LogP contribution in [-0.4, -0.2) is 57.6 Å². The molecular formula is C23H38O7. The first-order valence-corrected chi connectivity index (χ1v) is 11.2. The SMILES string of the molecule is CCC(C)C(=O)OC1CC(O)C=C2C=CC(C)C(CCC(O)CC(O)CCOO)C21.